The van der Waals surface area contributed by atoms with Crippen molar-refractivity contribution >= 4 is 0 Å². The quantitative estimate of drug-likeness (QED) is 0.628. The summed E-state index contributed by atoms with van der Waals surface area (Å²) in [6.07, 6.45) is 4.21. The fourth-order valence-electron chi connectivity index (χ4n) is 2.28. The highest BCUT2D eigenvalue weighted by Gasteiger charge is 2.23. The van der Waals surface area contributed by atoms with Crippen molar-refractivity contribution in [2.24, 2.45) is 11.8 Å². The standard InChI is InChI=1S/C11H23N/c1-4-10-7-11(5-2)9-12(6-3)8-10/h10-11H,4-9H2,1-3H3. The minimum atomic E-state index is 0.976. The van der Waals surface area contributed by atoms with Crippen LogP contribution in [0.1, 0.15) is 40.0 Å². The summed E-state index contributed by atoms with van der Waals surface area (Å²) < 4.78 is 0. The van der Waals surface area contributed by atoms with Crippen molar-refractivity contribution in [2.75, 3.05) is 19.6 Å². The molecule has 0 N–H and O–H groups in total. The van der Waals surface area contributed by atoms with Crippen LogP contribution in [-0.2, 0) is 0 Å². The summed E-state index contributed by atoms with van der Waals surface area (Å²) in [6, 6.07) is 0. The van der Waals surface area contributed by atoms with Crippen molar-refractivity contribution in [1.82, 2.24) is 4.90 Å². The van der Waals surface area contributed by atoms with Crippen LogP contribution in [0.15, 0.2) is 0 Å². The Kier molecular flexibility index (Phi) is 4.07. The smallest absolute Gasteiger partial charge is 0.000966 e. The molecule has 72 valence electrons. The van der Waals surface area contributed by atoms with Gasteiger partial charge >= 0.3 is 0 Å². The Labute approximate surface area is 77.1 Å². The van der Waals surface area contributed by atoms with Crippen molar-refractivity contribution in [3.63, 3.8) is 0 Å². The summed E-state index contributed by atoms with van der Waals surface area (Å²) in [7, 11) is 0. The molecule has 1 fully saturated rings. The molecule has 0 radical (unpaired) electrons. The number of nitrogens with zero attached hydrogens (tertiary/aromatic N) is 1. The first kappa shape index (κ1) is 10.0. The van der Waals surface area contributed by atoms with Gasteiger partial charge in [0.05, 0.1) is 0 Å². The maximum absolute atomic E-state index is 2.62. The van der Waals surface area contributed by atoms with E-state index in [0.717, 1.165) is 11.8 Å². The van der Waals surface area contributed by atoms with Gasteiger partial charge in [0.1, 0.15) is 0 Å². The molecule has 12 heavy (non-hydrogen) atoms. The lowest BCUT2D eigenvalue weighted by atomic mass is 9.86. The molecule has 0 aliphatic carbocycles. The van der Waals surface area contributed by atoms with Gasteiger partial charge in [0.2, 0.25) is 0 Å². The Bertz CT molecular complexity index is 92.4. The summed E-state index contributed by atoms with van der Waals surface area (Å²) in [4.78, 5) is 2.62. The fourth-order valence-corrected chi connectivity index (χ4v) is 2.28. The Balaban J connectivity index is 2.41. The van der Waals surface area contributed by atoms with Gasteiger partial charge in [0, 0.05) is 13.1 Å². The summed E-state index contributed by atoms with van der Waals surface area (Å²) in [5, 5.41) is 0. The normalized spacial score (nSPS) is 32.2. The van der Waals surface area contributed by atoms with Gasteiger partial charge in [-0.2, -0.15) is 0 Å². The SMILES string of the molecule is CCC1CC(CC)CN(CC)C1. The molecular formula is C11H23N. The van der Waals surface area contributed by atoms with Crippen molar-refractivity contribution in [1.29, 1.82) is 0 Å². The Morgan fingerprint density at radius 2 is 1.50 bits per heavy atom. The third-order valence-electron chi connectivity index (χ3n) is 3.30. The number of hydrogen-bond acceptors (Lipinski definition) is 1. The van der Waals surface area contributed by atoms with Crippen LogP contribution in [-0.4, -0.2) is 24.5 Å². The first-order valence-corrected chi connectivity index (χ1v) is 5.52. The lowest BCUT2D eigenvalue weighted by molar-refractivity contribution is 0.125. The molecule has 0 saturated carbocycles. The second-order valence-electron chi connectivity index (χ2n) is 4.14. The highest BCUT2D eigenvalue weighted by molar-refractivity contribution is 4.77. The number of piperidine rings is 1. The Morgan fingerprint density at radius 3 is 1.83 bits per heavy atom. The summed E-state index contributed by atoms with van der Waals surface area (Å²) >= 11 is 0. The van der Waals surface area contributed by atoms with Gasteiger partial charge in [-0.15, -0.1) is 0 Å². The molecule has 1 heteroatoms. The minimum Gasteiger partial charge on any atom is -0.303 e. The molecule has 0 aromatic carbocycles. The molecule has 1 aliphatic rings. The van der Waals surface area contributed by atoms with Gasteiger partial charge in [0.25, 0.3) is 0 Å². The van der Waals surface area contributed by atoms with Crippen LogP contribution in [0, 0.1) is 11.8 Å². The zero-order chi connectivity index (χ0) is 8.97. The van der Waals surface area contributed by atoms with Crippen LogP contribution in [0.4, 0.5) is 0 Å². The van der Waals surface area contributed by atoms with Crippen molar-refractivity contribution in [2.45, 2.75) is 40.0 Å². The molecule has 2 unspecified atom stereocenters. The summed E-state index contributed by atoms with van der Waals surface area (Å²) in [6.45, 7) is 10.9. The van der Waals surface area contributed by atoms with Gasteiger partial charge in [-0.25, -0.2) is 0 Å². The summed E-state index contributed by atoms with van der Waals surface area (Å²) in [5.74, 6) is 1.95. The van der Waals surface area contributed by atoms with E-state index in [-0.39, 0.29) is 0 Å². The van der Waals surface area contributed by atoms with Crippen LogP contribution in [0.2, 0.25) is 0 Å². The second-order valence-corrected chi connectivity index (χ2v) is 4.14. The average molecular weight is 169 g/mol. The predicted molar refractivity (Wildman–Crippen MR) is 54.3 cm³/mol. The van der Waals surface area contributed by atoms with Crippen LogP contribution in [0.5, 0.6) is 0 Å². The lowest BCUT2D eigenvalue weighted by Crippen LogP contribution is -2.39. The van der Waals surface area contributed by atoms with Gasteiger partial charge in [-0.3, -0.25) is 0 Å². The van der Waals surface area contributed by atoms with E-state index < -0.39 is 0 Å². The Hall–Kier alpha value is -0.0400. The van der Waals surface area contributed by atoms with E-state index in [1.807, 2.05) is 0 Å². The van der Waals surface area contributed by atoms with Gasteiger partial charge < -0.3 is 4.90 Å². The average Bonchev–Trinajstić information content (AvgIpc) is 2.16. The molecule has 1 rings (SSSR count). The van der Waals surface area contributed by atoms with E-state index in [1.165, 1.54) is 38.9 Å². The first-order chi connectivity index (χ1) is 5.80. The molecule has 1 aliphatic heterocycles. The third kappa shape index (κ3) is 2.48. The zero-order valence-electron chi connectivity index (χ0n) is 8.84. The van der Waals surface area contributed by atoms with Crippen molar-refractivity contribution in [3.8, 4) is 0 Å². The van der Waals surface area contributed by atoms with E-state index in [1.54, 1.807) is 0 Å². The second kappa shape index (κ2) is 4.86. The molecule has 1 saturated heterocycles. The minimum absolute atomic E-state index is 0.976. The monoisotopic (exact) mass is 169 g/mol. The molecule has 0 aromatic heterocycles. The Morgan fingerprint density at radius 1 is 1.00 bits per heavy atom. The molecular weight excluding hydrogens is 146 g/mol. The van der Waals surface area contributed by atoms with Crippen LogP contribution < -0.4 is 0 Å². The maximum Gasteiger partial charge on any atom is 0.000966 e. The van der Waals surface area contributed by atoms with Gasteiger partial charge in [-0.1, -0.05) is 33.6 Å². The van der Waals surface area contributed by atoms with E-state index >= 15 is 0 Å². The largest absolute Gasteiger partial charge is 0.303 e. The lowest BCUT2D eigenvalue weighted by Gasteiger charge is -2.36. The van der Waals surface area contributed by atoms with Gasteiger partial charge in [-0.05, 0) is 24.8 Å². The predicted octanol–water partition coefficient (Wildman–Crippen LogP) is 2.76. The van der Waals surface area contributed by atoms with E-state index in [9.17, 15) is 0 Å². The third-order valence-corrected chi connectivity index (χ3v) is 3.30. The molecule has 2 atom stereocenters. The molecule has 0 bridgehead atoms. The number of rotatable bonds is 3. The fraction of sp³-hybridized carbons (Fsp3) is 1.00. The zero-order valence-corrected chi connectivity index (χ0v) is 8.84. The molecule has 0 spiro atoms. The van der Waals surface area contributed by atoms with Crippen molar-refractivity contribution in [3.05, 3.63) is 0 Å². The first-order valence-electron chi connectivity index (χ1n) is 5.52. The number of hydrogen-bond donors (Lipinski definition) is 0. The topological polar surface area (TPSA) is 3.24 Å². The highest BCUT2D eigenvalue weighted by atomic mass is 15.1. The molecule has 0 aromatic rings. The van der Waals surface area contributed by atoms with E-state index in [0.29, 0.717) is 0 Å². The van der Waals surface area contributed by atoms with E-state index in [2.05, 4.69) is 25.7 Å². The van der Waals surface area contributed by atoms with E-state index in [4.69, 9.17) is 0 Å². The molecule has 1 nitrogen and oxygen atoms in total. The van der Waals surface area contributed by atoms with Crippen LogP contribution in [0.25, 0.3) is 0 Å². The highest BCUT2D eigenvalue weighted by Crippen LogP contribution is 2.25. The molecule has 1 heterocycles. The molecule has 0 amide bonds. The number of likely N-dealkylation sites (tertiary alicyclic amines) is 1. The van der Waals surface area contributed by atoms with Crippen molar-refractivity contribution < 1.29 is 0 Å². The summed E-state index contributed by atoms with van der Waals surface area (Å²) in [5.41, 5.74) is 0. The van der Waals surface area contributed by atoms with Gasteiger partial charge in [0.15, 0.2) is 0 Å². The van der Waals surface area contributed by atoms with Crippen LogP contribution >= 0.6 is 0 Å². The maximum atomic E-state index is 2.62. The van der Waals surface area contributed by atoms with Crippen LogP contribution in [0.3, 0.4) is 0 Å².